The molecular formula is C14H17NO3. The second-order valence-corrected chi connectivity index (χ2v) is 4.52. The van der Waals surface area contributed by atoms with E-state index in [1.807, 2.05) is 42.8 Å². The van der Waals surface area contributed by atoms with Crippen LogP contribution >= 0.6 is 0 Å². The van der Waals surface area contributed by atoms with Crippen molar-refractivity contribution in [2.24, 2.45) is 7.05 Å². The Balaban J connectivity index is 2.53. The van der Waals surface area contributed by atoms with Crippen LogP contribution in [-0.2, 0) is 11.8 Å². The van der Waals surface area contributed by atoms with Gasteiger partial charge in [-0.25, -0.2) is 0 Å². The van der Waals surface area contributed by atoms with Crippen LogP contribution in [0.15, 0.2) is 24.3 Å². The highest BCUT2D eigenvalue weighted by molar-refractivity contribution is 5.87. The summed E-state index contributed by atoms with van der Waals surface area (Å²) in [5.74, 6) is 0.0150. The number of nitrogens with zero attached hydrogens (tertiary/aromatic N) is 1. The Bertz CT molecular complexity index is 586. The Hall–Kier alpha value is -1.97. The lowest BCUT2D eigenvalue weighted by atomic mass is 10.0. The molecule has 1 atom stereocenters. The number of aromatic nitrogens is 1. The van der Waals surface area contributed by atoms with Crippen molar-refractivity contribution < 1.29 is 14.6 Å². The molecule has 0 fully saturated rings. The van der Waals surface area contributed by atoms with Crippen molar-refractivity contribution in [3.05, 3.63) is 30.0 Å². The minimum Gasteiger partial charge on any atom is -0.496 e. The highest BCUT2D eigenvalue weighted by atomic mass is 16.5. The number of benzene rings is 1. The number of ether oxygens (including phenoxy) is 1. The number of methoxy groups -OCH3 is 1. The van der Waals surface area contributed by atoms with E-state index in [0.29, 0.717) is 0 Å². The fourth-order valence-electron chi connectivity index (χ4n) is 2.37. The zero-order chi connectivity index (χ0) is 13.3. The monoisotopic (exact) mass is 247 g/mol. The van der Waals surface area contributed by atoms with Gasteiger partial charge < -0.3 is 14.4 Å². The van der Waals surface area contributed by atoms with Gasteiger partial charge in [0.15, 0.2) is 0 Å². The summed E-state index contributed by atoms with van der Waals surface area (Å²) >= 11 is 0. The van der Waals surface area contributed by atoms with Crippen molar-refractivity contribution in [3.8, 4) is 5.75 Å². The summed E-state index contributed by atoms with van der Waals surface area (Å²) < 4.78 is 7.36. The van der Waals surface area contributed by atoms with Gasteiger partial charge in [0.25, 0.3) is 0 Å². The molecule has 0 radical (unpaired) electrons. The van der Waals surface area contributed by atoms with Crippen LogP contribution in [-0.4, -0.2) is 22.8 Å². The molecule has 18 heavy (non-hydrogen) atoms. The SMILES string of the molecule is COc1cccc2c1cc(C(C)CC(=O)O)n2C. The van der Waals surface area contributed by atoms with Crippen molar-refractivity contribution in [3.63, 3.8) is 0 Å². The van der Waals surface area contributed by atoms with Crippen molar-refractivity contribution in [2.75, 3.05) is 7.11 Å². The molecule has 0 spiro atoms. The smallest absolute Gasteiger partial charge is 0.304 e. The van der Waals surface area contributed by atoms with E-state index < -0.39 is 5.97 Å². The maximum absolute atomic E-state index is 10.8. The summed E-state index contributed by atoms with van der Waals surface area (Å²) in [7, 11) is 3.59. The number of fused-ring (bicyclic) bond motifs is 1. The fraction of sp³-hybridized carbons (Fsp3) is 0.357. The van der Waals surface area contributed by atoms with Crippen LogP contribution in [0.25, 0.3) is 10.9 Å². The van der Waals surface area contributed by atoms with E-state index in [1.165, 1.54) is 0 Å². The molecule has 0 aliphatic rings. The van der Waals surface area contributed by atoms with Gasteiger partial charge >= 0.3 is 5.97 Å². The Morgan fingerprint density at radius 2 is 2.22 bits per heavy atom. The molecule has 1 heterocycles. The molecule has 2 rings (SSSR count). The Labute approximate surface area is 106 Å². The molecule has 96 valence electrons. The van der Waals surface area contributed by atoms with Crippen LogP contribution in [0.1, 0.15) is 25.0 Å². The maximum Gasteiger partial charge on any atom is 0.304 e. The molecule has 1 unspecified atom stereocenters. The van der Waals surface area contributed by atoms with Gasteiger partial charge in [-0.3, -0.25) is 4.79 Å². The summed E-state index contributed by atoms with van der Waals surface area (Å²) in [5.41, 5.74) is 2.07. The van der Waals surface area contributed by atoms with E-state index in [0.717, 1.165) is 22.3 Å². The van der Waals surface area contributed by atoms with E-state index >= 15 is 0 Å². The quantitative estimate of drug-likeness (QED) is 0.903. The topological polar surface area (TPSA) is 51.5 Å². The molecule has 0 amide bonds. The Morgan fingerprint density at radius 3 is 2.83 bits per heavy atom. The highest BCUT2D eigenvalue weighted by Crippen LogP contribution is 2.31. The number of rotatable bonds is 4. The summed E-state index contributed by atoms with van der Waals surface area (Å²) in [6.07, 6.45) is 0.131. The summed E-state index contributed by atoms with van der Waals surface area (Å²) in [6.45, 7) is 1.93. The Kier molecular flexibility index (Phi) is 3.28. The van der Waals surface area contributed by atoms with Crippen LogP contribution in [0.4, 0.5) is 0 Å². The predicted octanol–water partition coefficient (Wildman–Crippen LogP) is 2.77. The molecular weight excluding hydrogens is 230 g/mol. The van der Waals surface area contributed by atoms with Gasteiger partial charge in [-0.2, -0.15) is 0 Å². The number of aryl methyl sites for hydroxylation is 1. The molecule has 1 N–H and O–H groups in total. The van der Waals surface area contributed by atoms with Gasteiger partial charge in [0.1, 0.15) is 5.75 Å². The van der Waals surface area contributed by atoms with Gasteiger partial charge in [-0.05, 0) is 18.2 Å². The van der Waals surface area contributed by atoms with Gasteiger partial charge in [-0.1, -0.05) is 13.0 Å². The summed E-state index contributed by atoms with van der Waals surface area (Å²) in [4.78, 5) is 10.8. The number of carboxylic acid groups (broad SMARTS) is 1. The van der Waals surface area contributed by atoms with Gasteiger partial charge in [0.05, 0.1) is 19.0 Å². The van der Waals surface area contributed by atoms with Crippen LogP contribution < -0.4 is 4.74 Å². The lowest BCUT2D eigenvalue weighted by molar-refractivity contribution is -0.137. The molecule has 0 saturated carbocycles. The summed E-state index contributed by atoms with van der Waals surface area (Å²) in [6, 6.07) is 7.87. The maximum atomic E-state index is 10.8. The molecule has 0 saturated heterocycles. The van der Waals surface area contributed by atoms with Crippen molar-refractivity contribution in [1.29, 1.82) is 0 Å². The zero-order valence-electron chi connectivity index (χ0n) is 10.8. The molecule has 0 aliphatic carbocycles. The largest absolute Gasteiger partial charge is 0.496 e. The van der Waals surface area contributed by atoms with Crippen molar-refractivity contribution >= 4 is 16.9 Å². The molecule has 1 aromatic heterocycles. The minimum atomic E-state index is -0.778. The van der Waals surface area contributed by atoms with E-state index in [2.05, 4.69) is 0 Å². The normalized spacial score (nSPS) is 12.6. The van der Waals surface area contributed by atoms with Crippen LogP contribution in [0.3, 0.4) is 0 Å². The standard InChI is InChI=1S/C14H17NO3/c1-9(7-14(16)17)12-8-10-11(15(12)2)5-4-6-13(10)18-3/h4-6,8-9H,7H2,1-3H3,(H,16,17). The van der Waals surface area contributed by atoms with E-state index in [1.54, 1.807) is 7.11 Å². The van der Waals surface area contributed by atoms with E-state index in [-0.39, 0.29) is 12.3 Å². The van der Waals surface area contributed by atoms with E-state index in [4.69, 9.17) is 9.84 Å². The number of carbonyl (C=O) groups is 1. The second kappa shape index (κ2) is 4.72. The second-order valence-electron chi connectivity index (χ2n) is 4.52. The van der Waals surface area contributed by atoms with Crippen LogP contribution in [0, 0.1) is 0 Å². The van der Waals surface area contributed by atoms with Crippen molar-refractivity contribution in [2.45, 2.75) is 19.3 Å². The molecule has 4 heteroatoms. The zero-order valence-corrected chi connectivity index (χ0v) is 10.8. The fourth-order valence-corrected chi connectivity index (χ4v) is 2.37. The highest BCUT2D eigenvalue weighted by Gasteiger charge is 2.16. The third-order valence-corrected chi connectivity index (χ3v) is 3.29. The van der Waals surface area contributed by atoms with Crippen LogP contribution in [0.2, 0.25) is 0 Å². The van der Waals surface area contributed by atoms with E-state index in [9.17, 15) is 4.79 Å². The van der Waals surface area contributed by atoms with Gasteiger partial charge in [-0.15, -0.1) is 0 Å². The number of hydrogen-bond acceptors (Lipinski definition) is 2. The minimum absolute atomic E-state index is 0.0235. The first kappa shape index (κ1) is 12.5. The number of carboxylic acids is 1. The first-order chi connectivity index (χ1) is 8.54. The number of aliphatic carboxylic acids is 1. The average molecular weight is 247 g/mol. The molecule has 0 aliphatic heterocycles. The first-order valence-corrected chi connectivity index (χ1v) is 5.88. The lowest BCUT2D eigenvalue weighted by Crippen LogP contribution is -2.06. The molecule has 1 aromatic carbocycles. The third-order valence-electron chi connectivity index (χ3n) is 3.29. The number of hydrogen-bond donors (Lipinski definition) is 1. The lowest BCUT2D eigenvalue weighted by Gasteiger charge is -2.10. The molecule has 0 bridgehead atoms. The summed E-state index contributed by atoms with van der Waals surface area (Å²) in [5, 5.41) is 9.90. The van der Waals surface area contributed by atoms with Gasteiger partial charge in [0.2, 0.25) is 0 Å². The van der Waals surface area contributed by atoms with Crippen LogP contribution in [0.5, 0.6) is 5.75 Å². The molecule has 2 aromatic rings. The Morgan fingerprint density at radius 1 is 1.50 bits per heavy atom. The average Bonchev–Trinajstić information content (AvgIpc) is 2.66. The van der Waals surface area contributed by atoms with Gasteiger partial charge in [0, 0.05) is 24.0 Å². The first-order valence-electron chi connectivity index (χ1n) is 5.88. The third kappa shape index (κ3) is 2.06. The van der Waals surface area contributed by atoms with Crippen molar-refractivity contribution in [1.82, 2.24) is 4.57 Å². The predicted molar refractivity (Wildman–Crippen MR) is 70.1 cm³/mol. The molecule has 4 nitrogen and oxygen atoms in total.